The molecule has 3 aromatic rings. The van der Waals surface area contributed by atoms with Gasteiger partial charge in [0.2, 0.25) is 5.95 Å². The number of aromatic nitrogens is 2. The smallest absolute Gasteiger partial charge is 0.203 e. The zero-order chi connectivity index (χ0) is 16.2. The van der Waals surface area contributed by atoms with Gasteiger partial charge in [-0.25, -0.2) is 9.37 Å². The van der Waals surface area contributed by atoms with Gasteiger partial charge >= 0.3 is 0 Å². The highest BCUT2D eigenvalue weighted by atomic mass is 19.1. The molecule has 0 fully saturated rings. The van der Waals surface area contributed by atoms with Crippen molar-refractivity contribution in [3.8, 4) is 17.0 Å². The van der Waals surface area contributed by atoms with E-state index in [1.807, 2.05) is 41.9 Å². The Bertz CT molecular complexity index is 814. The van der Waals surface area contributed by atoms with Crippen molar-refractivity contribution >= 4 is 5.95 Å². The van der Waals surface area contributed by atoms with Gasteiger partial charge in [-0.05, 0) is 18.2 Å². The van der Waals surface area contributed by atoms with Crippen LogP contribution >= 0.6 is 0 Å². The Kier molecular flexibility index (Phi) is 4.28. The number of methoxy groups -OCH3 is 1. The summed E-state index contributed by atoms with van der Waals surface area (Å²) in [6.45, 7) is 0.384. The molecule has 0 aliphatic carbocycles. The summed E-state index contributed by atoms with van der Waals surface area (Å²) in [6, 6.07) is 14.5. The molecule has 0 saturated carbocycles. The van der Waals surface area contributed by atoms with Crippen LogP contribution in [0.15, 0.2) is 54.7 Å². The molecule has 118 valence electrons. The monoisotopic (exact) mass is 311 g/mol. The molecular weight excluding hydrogens is 293 g/mol. The van der Waals surface area contributed by atoms with Gasteiger partial charge in [0.05, 0.1) is 19.0 Å². The molecule has 1 aromatic heterocycles. The summed E-state index contributed by atoms with van der Waals surface area (Å²) in [6.07, 6.45) is 1.79. The quantitative estimate of drug-likeness (QED) is 0.778. The van der Waals surface area contributed by atoms with Crippen molar-refractivity contribution in [2.75, 3.05) is 12.4 Å². The Labute approximate surface area is 134 Å². The number of nitrogens with zero attached hydrogens (tertiary/aromatic N) is 2. The zero-order valence-electron chi connectivity index (χ0n) is 13.1. The Morgan fingerprint density at radius 1 is 1.17 bits per heavy atom. The van der Waals surface area contributed by atoms with Crippen molar-refractivity contribution in [3.05, 3.63) is 66.1 Å². The molecule has 1 heterocycles. The van der Waals surface area contributed by atoms with E-state index in [4.69, 9.17) is 4.74 Å². The molecule has 23 heavy (non-hydrogen) atoms. The van der Waals surface area contributed by atoms with Crippen LogP contribution in [-0.2, 0) is 13.6 Å². The lowest BCUT2D eigenvalue weighted by Gasteiger charge is -2.09. The average Bonchev–Trinajstić information content (AvgIpc) is 2.95. The van der Waals surface area contributed by atoms with Crippen LogP contribution in [0.2, 0.25) is 0 Å². The first-order valence-corrected chi connectivity index (χ1v) is 7.32. The molecule has 0 radical (unpaired) electrons. The number of nitrogens with one attached hydrogen (secondary N) is 1. The number of hydrogen-bond donors (Lipinski definition) is 1. The van der Waals surface area contributed by atoms with Crippen LogP contribution in [-0.4, -0.2) is 16.7 Å². The molecule has 0 atom stereocenters. The fourth-order valence-electron chi connectivity index (χ4n) is 2.44. The molecule has 1 N–H and O–H groups in total. The molecule has 0 spiro atoms. The summed E-state index contributed by atoms with van der Waals surface area (Å²) in [5, 5.41) is 3.17. The van der Waals surface area contributed by atoms with Crippen LogP contribution in [0.4, 0.5) is 10.3 Å². The van der Waals surface area contributed by atoms with Crippen LogP contribution in [0.5, 0.6) is 5.75 Å². The molecule has 4 nitrogen and oxygen atoms in total. The lowest BCUT2D eigenvalue weighted by Crippen LogP contribution is -2.06. The Morgan fingerprint density at radius 2 is 2.00 bits per heavy atom. The first-order valence-electron chi connectivity index (χ1n) is 7.32. The second-order valence-electron chi connectivity index (χ2n) is 5.20. The van der Waals surface area contributed by atoms with Crippen molar-refractivity contribution < 1.29 is 9.13 Å². The number of halogens is 1. The Balaban J connectivity index is 1.80. The molecule has 0 bridgehead atoms. The second kappa shape index (κ2) is 6.52. The van der Waals surface area contributed by atoms with Crippen LogP contribution in [0, 0.1) is 5.82 Å². The second-order valence-corrected chi connectivity index (χ2v) is 5.20. The molecule has 0 aliphatic heterocycles. The van der Waals surface area contributed by atoms with Crippen LogP contribution in [0.1, 0.15) is 5.56 Å². The molecule has 0 unspecified atom stereocenters. The molecule has 3 rings (SSSR count). The maximum absolute atomic E-state index is 13.7. The number of anilines is 1. The van der Waals surface area contributed by atoms with Crippen molar-refractivity contribution in [2.45, 2.75) is 6.54 Å². The molecule has 0 aliphatic rings. The Hall–Kier alpha value is -2.82. The van der Waals surface area contributed by atoms with Crippen LogP contribution < -0.4 is 10.1 Å². The third-order valence-corrected chi connectivity index (χ3v) is 3.75. The van der Waals surface area contributed by atoms with E-state index in [0.29, 0.717) is 18.1 Å². The van der Waals surface area contributed by atoms with Gasteiger partial charge in [-0.1, -0.05) is 30.3 Å². The fourth-order valence-corrected chi connectivity index (χ4v) is 2.44. The first-order chi connectivity index (χ1) is 11.2. The van der Waals surface area contributed by atoms with Gasteiger partial charge in [-0.2, -0.15) is 0 Å². The van der Waals surface area contributed by atoms with E-state index in [0.717, 1.165) is 17.0 Å². The summed E-state index contributed by atoms with van der Waals surface area (Å²) in [4.78, 5) is 4.38. The van der Waals surface area contributed by atoms with E-state index in [-0.39, 0.29) is 5.82 Å². The first kappa shape index (κ1) is 15.1. The van der Waals surface area contributed by atoms with E-state index in [2.05, 4.69) is 10.3 Å². The third kappa shape index (κ3) is 3.18. The van der Waals surface area contributed by atoms with Crippen LogP contribution in [0.25, 0.3) is 11.3 Å². The molecule has 5 heteroatoms. The number of benzene rings is 2. The van der Waals surface area contributed by atoms with E-state index in [1.54, 1.807) is 25.4 Å². The predicted molar refractivity (Wildman–Crippen MR) is 88.9 cm³/mol. The van der Waals surface area contributed by atoms with Gasteiger partial charge in [0, 0.05) is 24.7 Å². The maximum atomic E-state index is 13.7. The topological polar surface area (TPSA) is 39.1 Å². The van der Waals surface area contributed by atoms with E-state index in [1.165, 1.54) is 6.07 Å². The molecule has 0 amide bonds. The van der Waals surface area contributed by atoms with E-state index >= 15 is 0 Å². The lowest BCUT2D eigenvalue weighted by atomic mass is 10.1. The highest BCUT2D eigenvalue weighted by Gasteiger charge is 2.10. The van der Waals surface area contributed by atoms with Gasteiger partial charge in [-0.3, -0.25) is 0 Å². The zero-order valence-corrected chi connectivity index (χ0v) is 13.1. The summed E-state index contributed by atoms with van der Waals surface area (Å²) >= 11 is 0. The minimum atomic E-state index is -0.220. The van der Waals surface area contributed by atoms with Crippen molar-refractivity contribution in [1.82, 2.24) is 9.55 Å². The summed E-state index contributed by atoms with van der Waals surface area (Å²) in [7, 11) is 3.56. The van der Waals surface area contributed by atoms with Gasteiger partial charge in [-0.15, -0.1) is 0 Å². The van der Waals surface area contributed by atoms with Crippen molar-refractivity contribution in [1.29, 1.82) is 0 Å². The highest BCUT2D eigenvalue weighted by Crippen LogP contribution is 2.25. The normalized spacial score (nSPS) is 10.6. The molecule has 0 saturated heterocycles. The standard InChI is InChI=1S/C18H18FN3O/c1-22-17(13-7-5-8-15(10-13)23-2)12-21-18(22)20-11-14-6-3-4-9-16(14)19/h3-10,12H,11H2,1-2H3,(H,20,21). The fraction of sp³-hybridized carbons (Fsp3) is 0.167. The summed E-state index contributed by atoms with van der Waals surface area (Å²) < 4.78 is 20.9. The summed E-state index contributed by atoms with van der Waals surface area (Å²) in [5.41, 5.74) is 2.58. The minimum Gasteiger partial charge on any atom is -0.497 e. The number of imidazole rings is 1. The lowest BCUT2D eigenvalue weighted by molar-refractivity contribution is 0.415. The third-order valence-electron chi connectivity index (χ3n) is 3.75. The molecule has 2 aromatic carbocycles. The Morgan fingerprint density at radius 3 is 2.78 bits per heavy atom. The number of ether oxygens (including phenoxy) is 1. The minimum absolute atomic E-state index is 0.220. The van der Waals surface area contributed by atoms with Crippen molar-refractivity contribution in [3.63, 3.8) is 0 Å². The van der Waals surface area contributed by atoms with Gasteiger partial charge in [0.15, 0.2) is 0 Å². The number of rotatable bonds is 5. The average molecular weight is 311 g/mol. The largest absolute Gasteiger partial charge is 0.497 e. The van der Waals surface area contributed by atoms with Gasteiger partial charge < -0.3 is 14.6 Å². The maximum Gasteiger partial charge on any atom is 0.203 e. The molecular formula is C18H18FN3O. The van der Waals surface area contributed by atoms with Crippen molar-refractivity contribution in [2.24, 2.45) is 7.05 Å². The number of hydrogen-bond acceptors (Lipinski definition) is 3. The van der Waals surface area contributed by atoms with Crippen LogP contribution in [0.3, 0.4) is 0 Å². The summed E-state index contributed by atoms with van der Waals surface area (Å²) in [5.74, 6) is 1.26. The van der Waals surface area contributed by atoms with E-state index < -0.39 is 0 Å². The predicted octanol–water partition coefficient (Wildman–Crippen LogP) is 3.85. The SMILES string of the molecule is COc1cccc(-c2cnc(NCc3ccccc3F)n2C)c1. The van der Waals surface area contributed by atoms with Gasteiger partial charge in [0.1, 0.15) is 11.6 Å². The highest BCUT2D eigenvalue weighted by molar-refractivity contribution is 5.63. The van der Waals surface area contributed by atoms with Gasteiger partial charge in [0.25, 0.3) is 0 Å². The van der Waals surface area contributed by atoms with E-state index in [9.17, 15) is 4.39 Å².